The number of allylic oxidation sites excluding steroid dienone is 4. The highest BCUT2D eigenvalue weighted by atomic mass is 16.2. The number of rotatable bonds is 2. The molecule has 43 heavy (non-hydrogen) atoms. The maximum atomic E-state index is 14.7. The van der Waals surface area contributed by atoms with E-state index in [9.17, 15) is 19.6 Å². The molecular formula is C37H47N3O3. The van der Waals surface area contributed by atoms with Crippen LogP contribution >= 0.6 is 0 Å². The molecule has 0 heterocycles. The Balaban J connectivity index is 1.43. The Labute approximate surface area is 256 Å². The van der Waals surface area contributed by atoms with Crippen molar-refractivity contribution in [1.82, 2.24) is 5.32 Å². The van der Waals surface area contributed by atoms with E-state index in [0.717, 1.165) is 56.2 Å². The number of nitriles is 1. The lowest BCUT2D eigenvalue weighted by molar-refractivity contribution is -0.160. The summed E-state index contributed by atoms with van der Waals surface area (Å²) in [6.45, 7) is 15.4. The van der Waals surface area contributed by atoms with E-state index in [-0.39, 0.29) is 57.2 Å². The number of nitrogens with zero attached hydrogens (tertiary/aromatic N) is 1. The van der Waals surface area contributed by atoms with E-state index < -0.39 is 16.4 Å². The van der Waals surface area contributed by atoms with Gasteiger partial charge in [-0.3, -0.25) is 9.59 Å². The van der Waals surface area contributed by atoms with E-state index in [2.05, 4.69) is 51.3 Å². The van der Waals surface area contributed by atoms with Crippen LogP contribution < -0.4 is 10.6 Å². The van der Waals surface area contributed by atoms with E-state index in [1.54, 1.807) is 0 Å². The number of hydrogen-bond donors (Lipinski definition) is 2. The Morgan fingerprint density at radius 1 is 0.930 bits per heavy atom. The Morgan fingerprint density at radius 2 is 1.60 bits per heavy atom. The lowest BCUT2D eigenvalue weighted by Gasteiger charge is -2.69. The third-order valence-electron chi connectivity index (χ3n) is 13.3. The number of fused-ring (bicyclic) bond motifs is 7. The standard InChI is InChI=1S/C37H47N3O3/c1-32(2)15-17-37(40-31(43)39-24-11-9-8-10-12-24)18-16-36(7)29(25(37)21-32)26(41)19-28-34(5)20-23(22-38)30(42)33(3,4)27(34)13-14-35(28,36)6/h8-12,19-20,25,27,29H,13-18,21H2,1-7H3,(H2,39,40,43)/t25?,27-,29?,34-,35+,36+,37-/m0/s1. The van der Waals surface area contributed by atoms with Crippen LogP contribution in [0.3, 0.4) is 0 Å². The molecule has 5 aliphatic rings. The van der Waals surface area contributed by atoms with Crippen molar-refractivity contribution >= 4 is 23.3 Å². The van der Waals surface area contributed by atoms with Crippen LogP contribution in [0.4, 0.5) is 10.5 Å². The zero-order chi connectivity index (χ0) is 31.2. The van der Waals surface area contributed by atoms with Gasteiger partial charge in [0, 0.05) is 28.0 Å². The average Bonchev–Trinajstić information content (AvgIpc) is 2.93. The number of para-hydroxylation sites is 1. The molecule has 6 heteroatoms. The summed E-state index contributed by atoms with van der Waals surface area (Å²) in [4.78, 5) is 41.4. The Morgan fingerprint density at radius 3 is 2.28 bits per heavy atom. The third kappa shape index (κ3) is 4.13. The maximum Gasteiger partial charge on any atom is 0.319 e. The maximum absolute atomic E-state index is 14.7. The number of Topliss-reactive ketones (excluding diaryl/α,β-unsaturated/α-hetero) is 1. The Kier molecular flexibility index (Phi) is 6.53. The SMILES string of the molecule is CC1(C)CC[C@]2(NC(=O)Nc3ccccc3)CC[C@]3(C)C(C(=O)C=C4[C@@]5(C)C=C(C#N)C(=O)C(C)(C)[C@@H]5CC[C@]43C)C2C1. The van der Waals surface area contributed by atoms with Gasteiger partial charge in [0.15, 0.2) is 11.6 Å². The zero-order valence-electron chi connectivity index (χ0n) is 26.9. The van der Waals surface area contributed by atoms with Gasteiger partial charge in [0.25, 0.3) is 0 Å². The summed E-state index contributed by atoms with van der Waals surface area (Å²) in [6, 6.07) is 11.5. The van der Waals surface area contributed by atoms with Crippen molar-refractivity contribution < 1.29 is 14.4 Å². The van der Waals surface area contributed by atoms with E-state index in [4.69, 9.17) is 0 Å². The minimum Gasteiger partial charge on any atom is -0.332 e. The van der Waals surface area contributed by atoms with Crippen LogP contribution in [0, 0.1) is 56.2 Å². The van der Waals surface area contributed by atoms with Crippen molar-refractivity contribution in [3.63, 3.8) is 0 Å². The highest BCUT2D eigenvalue weighted by Crippen LogP contribution is 2.73. The second-order valence-electron chi connectivity index (χ2n) is 16.4. The molecule has 1 aromatic rings. The number of anilines is 1. The summed E-state index contributed by atoms with van der Waals surface area (Å²) in [5, 5.41) is 16.4. The Bertz CT molecular complexity index is 1500. The molecule has 3 fully saturated rings. The quantitative estimate of drug-likeness (QED) is 0.373. The largest absolute Gasteiger partial charge is 0.332 e. The number of hydrogen-bond acceptors (Lipinski definition) is 4. The predicted molar refractivity (Wildman–Crippen MR) is 168 cm³/mol. The van der Waals surface area contributed by atoms with Crippen LogP contribution in [0.25, 0.3) is 0 Å². The molecule has 0 aromatic heterocycles. The number of amides is 2. The van der Waals surface area contributed by atoms with E-state index in [0.29, 0.717) is 0 Å². The number of carbonyl (C=O) groups is 3. The molecule has 2 unspecified atom stereocenters. The molecule has 7 atom stereocenters. The second-order valence-corrected chi connectivity index (χ2v) is 16.4. The molecule has 0 bridgehead atoms. The van der Waals surface area contributed by atoms with Crippen molar-refractivity contribution in [3.05, 3.63) is 53.6 Å². The van der Waals surface area contributed by atoms with Gasteiger partial charge in [-0.1, -0.05) is 78.3 Å². The summed E-state index contributed by atoms with van der Waals surface area (Å²) < 4.78 is 0. The van der Waals surface area contributed by atoms with Crippen molar-refractivity contribution in [2.75, 3.05) is 5.32 Å². The van der Waals surface area contributed by atoms with E-state index in [1.165, 1.54) is 0 Å². The summed E-state index contributed by atoms with van der Waals surface area (Å²) in [5.74, 6) is -0.116. The van der Waals surface area contributed by atoms with Crippen LogP contribution in [0.15, 0.2) is 53.6 Å². The van der Waals surface area contributed by atoms with Crippen molar-refractivity contribution in [3.8, 4) is 6.07 Å². The third-order valence-corrected chi connectivity index (χ3v) is 13.3. The second kappa shape index (κ2) is 9.40. The first kappa shape index (κ1) is 29.9. The smallest absolute Gasteiger partial charge is 0.319 e. The van der Waals surface area contributed by atoms with Gasteiger partial charge in [-0.05, 0) is 91.2 Å². The minimum atomic E-state index is -0.678. The zero-order valence-corrected chi connectivity index (χ0v) is 26.9. The van der Waals surface area contributed by atoms with Gasteiger partial charge in [0.1, 0.15) is 6.07 Å². The molecule has 2 amide bonds. The van der Waals surface area contributed by atoms with Crippen LogP contribution in [-0.2, 0) is 9.59 Å². The van der Waals surface area contributed by atoms with Crippen molar-refractivity contribution in [2.45, 2.75) is 99.0 Å². The number of carbonyl (C=O) groups excluding carboxylic acids is 3. The van der Waals surface area contributed by atoms with Gasteiger partial charge >= 0.3 is 6.03 Å². The molecule has 0 aliphatic heterocycles. The first-order valence-electron chi connectivity index (χ1n) is 16.1. The molecule has 6 nitrogen and oxygen atoms in total. The fourth-order valence-electron chi connectivity index (χ4n) is 10.8. The molecule has 0 spiro atoms. The molecule has 5 aliphatic carbocycles. The lowest BCUT2D eigenvalue weighted by Crippen LogP contribution is -2.70. The topological polar surface area (TPSA) is 99.1 Å². The molecular weight excluding hydrogens is 534 g/mol. The Hall–Kier alpha value is -3.20. The normalized spacial score (nSPS) is 40.7. The van der Waals surface area contributed by atoms with Crippen LogP contribution in [0.2, 0.25) is 0 Å². The highest BCUT2D eigenvalue weighted by molar-refractivity contribution is 6.04. The lowest BCUT2D eigenvalue weighted by atomic mass is 9.35. The first-order valence-corrected chi connectivity index (χ1v) is 16.1. The first-order chi connectivity index (χ1) is 20.0. The van der Waals surface area contributed by atoms with Gasteiger partial charge in [-0.25, -0.2) is 4.79 Å². The molecule has 2 N–H and O–H groups in total. The fraction of sp³-hybridized carbons (Fsp3) is 0.622. The van der Waals surface area contributed by atoms with Gasteiger partial charge in [0.2, 0.25) is 0 Å². The molecule has 6 rings (SSSR count). The molecule has 1 aromatic carbocycles. The number of benzene rings is 1. The average molecular weight is 582 g/mol. The predicted octanol–water partition coefficient (Wildman–Crippen LogP) is 7.78. The molecule has 3 saturated carbocycles. The highest BCUT2D eigenvalue weighted by Gasteiger charge is 2.70. The molecule has 0 radical (unpaired) electrons. The summed E-state index contributed by atoms with van der Waals surface area (Å²) in [7, 11) is 0. The van der Waals surface area contributed by atoms with Crippen LogP contribution in [0.5, 0.6) is 0 Å². The fourth-order valence-corrected chi connectivity index (χ4v) is 10.8. The van der Waals surface area contributed by atoms with E-state index >= 15 is 0 Å². The van der Waals surface area contributed by atoms with Gasteiger partial charge in [-0.15, -0.1) is 0 Å². The summed E-state index contributed by atoms with van der Waals surface area (Å²) in [5.41, 5.74) is -0.123. The number of urea groups is 1. The van der Waals surface area contributed by atoms with Gasteiger partial charge in [0.05, 0.1) is 5.57 Å². The van der Waals surface area contributed by atoms with Crippen LogP contribution in [-0.4, -0.2) is 23.1 Å². The molecule has 228 valence electrons. The van der Waals surface area contributed by atoms with Crippen molar-refractivity contribution in [2.24, 2.45) is 44.8 Å². The number of nitrogens with one attached hydrogen (secondary N) is 2. The minimum absolute atomic E-state index is 0.0127. The number of ketones is 2. The summed E-state index contributed by atoms with van der Waals surface area (Å²) >= 11 is 0. The molecule has 0 saturated heterocycles. The summed E-state index contributed by atoms with van der Waals surface area (Å²) in [6.07, 6.45) is 9.98. The van der Waals surface area contributed by atoms with Gasteiger partial charge < -0.3 is 10.6 Å². The monoisotopic (exact) mass is 581 g/mol. The van der Waals surface area contributed by atoms with Crippen LogP contribution in [0.1, 0.15) is 93.4 Å². The van der Waals surface area contributed by atoms with Gasteiger partial charge in [-0.2, -0.15) is 5.26 Å². The van der Waals surface area contributed by atoms with Crippen molar-refractivity contribution in [1.29, 1.82) is 5.26 Å². The van der Waals surface area contributed by atoms with E-state index in [1.807, 2.05) is 56.3 Å².